The molecule has 0 aliphatic rings. The molecule has 5 nitrogen and oxygen atoms in total. The first-order valence-electron chi connectivity index (χ1n) is 7.09. The molecule has 1 N–H and O–H groups in total. The molecule has 5 heteroatoms. The van der Waals surface area contributed by atoms with E-state index in [2.05, 4.69) is 4.98 Å². The van der Waals surface area contributed by atoms with Crippen LogP contribution in [0.2, 0.25) is 0 Å². The predicted octanol–water partition coefficient (Wildman–Crippen LogP) is 2.70. The maximum Gasteiger partial charge on any atom is 0.203 e. The molecule has 1 heterocycles. The zero-order chi connectivity index (χ0) is 15.9. The molecule has 2 rings (SSSR count). The topological polar surface area (TPSA) is 60.8 Å². The third kappa shape index (κ3) is 3.49. The molecule has 0 unspecified atom stereocenters. The summed E-state index contributed by atoms with van der Waals surface area (Å²) in [7, 11) is 4.76. The first-order valence-corrected chi connectivity index (χ1v) is 7.09. The molecule has 0 fully saturated rings. The van der Waals surface area contributed by atoms with E-state index in [4.69, 9.17) is 19.3 Å². The van der Waals surface area contributed by atoms with Crippen molar-refractivity contribution in [1.82, 2.24) is 4.98 Å². The Morgan fingerprint density at radius 3 is 2.23 bits per heavy atom. The number of aliphatic hydroxyl groups is 1. The maximum absolute atomic E-state index is 8.95. The normalized spacial score (nSPS) is 10.4. The molecular weight excluding hydrogens is 282 g/mol. The molecule has 0 aliphatic heterocycles. The number of nitrogens with zero attached hydrogens (tertiary/aromatic N) is 1. The summed E-state index contributed by atoms with van der Waals surface area (Å²) in [6.07, 6.45) is 3.32. The van der Waals surface area contributed by atoms with Gasteiger partial charge in [0.1, 0.15) is 0 Å². The van der Waals surface area contributed by atoms with E-state index in [-0.39, 0.29) is 6.61 Å². The summed E-state index contributed by atoms with van der Waals surface area (Å²) < 4.78 is 16.1. The van der Waals surface area contributed by atoms with E-state index in [0.717, 1.165) is 29.7 Å². The number of ether oxygens (including phenoxy) is 3. The molecule has 0 saturated heterocycles. The molecule has 1 aromatic carbocycles. The van der Waals surface area contributed by atoms with Gasteiger partial charge in [-0.3, -0.25) is 4.98 Å². The second-order valence-electron chi connectivity index (χ2n) is 4.79. The Morgan fingerprint density at radius 2 is 1.68 bits per heavy atom. The zero-order valence-electron chi connectivity index (χ0n) is 13.1. The molecular formula is C17H21NO4. The maximum atomic E-state index is 8.95. The second-order valence-corrected chi connectivity index (χ2v) is 4.79. The number of aryl methyl sites for hydroxylation is 1. The van der Waals surface area contributed by atoms with Gasteiger partial charge in [-0.15, -0.1) is 0 Å². The van der Waals surface area contributed by atoms with Crippen LogP contribution in [-0.2, 0) is 6.42 Å². The molecule has 0 saturated carbocycles. The van der Waals surface area contributed by atoms with Crippen molar-refractivity contribution in [1.29, 1.82) is 0 Å². The standard InChI is InChI=1S/C17H21NO4/c1-20-15-10-13(11-16(21-2)17(15)22-3)14-9-12(5-4-8-19)6-7-18-14/h6-7,9-11,19H,4-5,8H2,1-3H3. The Labute approximate surface area is 130 Å². The van der Waals surface area contributed by atoms with E-state index in [1.165, 1.54) is 0 Å². The summed E-state index contributed by atoms with van der Waals surface area (Å²) in [5.41, 5.74) is 2.85. The van der Waals surface area contributed by atoms with Gasteiger partial charge < -0.3 is 19.3 Å². The van der Waals surface area contributed by atoms with Gasteiger partial charge in [-0.1, -0.05) is 0 Å². The summed E-state index contributed by atoms with van der Waals surface area (Å²) in [6, 6.07) is 7.71. The summed E-state index contributed by atoms with van der Waals surface area (Å²) in [5.74, 6) is 1.75. The summed E-state index contributed by atoms with van der Waals surface area (Å²) in [4.78, 5) is 4.41. The molecule has 22 heavy (non-hydrogen) atoms. The number of aromatic nitrogens is 1. The van der Waals surface area contributed by atoms with Crippen LogP contribution in [0.5, 0.6) is 17.2 Å². The molecule has 2 aromatic rings. The summed E-state index contributed by atoms with van der Waals surface area (Å²) in [6.45, 7) is 0.182. The minimum absolute atomic E-state index is 0.182. The molecule has 0 bridgehead atoms. The monoisotopic (exact) mass is 303 g/mol. The van der Waals surface area contributed by atoms with Crippen LogP contribution in [0.15, 0.2) is 30.5 Å². The van der Waals surface area contributed by atoms with Crippen LogP contribution >= 0.6 is 0 Å². The molecule has 0 aliphatic carbocycles. The third-order valence-electron chi connectivity index (χ3n) is 3.41. The van der Waals surface area contributed by atoms with E-state index in [9.17, 15) is 0 Å². The highest BCUT2D eigenvalue weighted by Crippen LogP contribution is 2.40. The molecule has 118 valence electrons. The van der Waals surface area contributed by atoms with Crippen molar-refractivity contribution in [3.8, 4) is 28.5 Å². The van der Waals surface area contributed by atoms with Crippen molar-refractivity contribution in [2.24, 2.45) is 0 Å². The summed E-state index contributed by atoms with van der Waals surface area (Å²) >= 11 is 0. The molecule has 0 radical (unpaired) electrons. The zero-order valence-corrected chi connectivity index (χ0v) is 13.1. The van der Waals surface area contributed by atoms with Crippen LogP contribution in [-0.4, -0.2) is 38.0 Å². The quantitative estimate of drug-likeness (QED) is 0.852. The fraction of sp³-hybridized carbons (Fsp3) is 0.353. The fourth-order valence-corrected chi connectivity index (χ4v) is 2.30. The van der Waals surface area contributed by atoms with Crippen LogP contribution in [0.25, 0.3) is 11.3 Å². The molecule has 0 spiro atoms. The first kappa shape index (κ1) is 16.1. The number of hydrogen-bond acceptors (Lipinski definition) is 5. The SMILES string of the molecule is COc1cc(-c2cc(CCCO)ccn2)cc(OC)c1OC. The van der Waals surface area contributed by atoms with Crippen LogP contribution < -0.4 is 14.2 Å². The highest BCUT2D eigenvalue weighted by Gasteiger charge is 2.14. The number of benzene rings is 1. The lowest BCUT2D eigenvalue weighted by molar-refractivity contribution is 0.288. The van der Waals surface area contributed by atoms with Crippen molar-refractivity contribution < 1.29 is 19.3 Å². The van der Waals surface area contributed by atoms with E-state index in [1.54, 1.807) is 27.5 Å². The summed E-state index contributed by atoms with van der Waals surface area (Å²) in [5, 5.41) is 8.95. The average molecular weight is 303 g/mol. The minimum Gasteiger partial charge on any atom is -0.493 e. The average Bonchev–Trinajstić information content (AvgIpc) is 2.58. The highest BCUT2D eigenvalue weighted by atomic mass is 16.5. The molecule has 0 atom stereocenters. The Morgan fingerprint density at radius 1 is 1.00 bits per heavy atom. The van der Waals surface area contributed by atoms with Crippen molar-refractivity contribution in [2.75, 3.05) is 27.9 Å². The predicted molar refractivity (Wildman–Crippen MR) is 84.7 cm³/mol. The van der Waals surface area contributed by atoms with Gasteiger partial charge in [0.2, 0.25) is 5.75 Å². The van der Waals surface area contributed by atoms with Gasteiger partial charge in [-0.05, 0) is 42.7 Å². The fourth-order valence-electron chi connectivity index (χ4n) is 2.30. The van der Waals surface area contributed by atoms with Crippen LogP contribution in [0.3, 0.4) is 0 Å². The highest BCUT2D eigenvalue weighted by molar-refractivity contribution is 5.69. The third-order valence-corrected chi connectivity index (χ3v) is 3.41. The van der Waals surface area contributed by atoms with Gasteiger partial charge in [-0.25, -0.2) is 0 Å². The number of methoxy groups -OCH3 is 3. The van der Waals surface area contributed by atoms with Crippen molar-refractivity contribution >= 4 is 0 Å². The molecule has 1 aromatic heterocycles. The van der Waals surface area contributed by atoms with Crippen molar-refractivity contribution in [3.05, 3.63) is 36.0 Å². The first-order chi connectivity index (χ1) is 10.7. The van der Waals surface area contributed by atoms with Gasteiger partial charge >= 0.3 is 0 Å². The van der Waals surface area contributed by atoms with Gasteiger partial charge in [-0.2, -0.15) is 0 Å². The Bertz CT molecular complexity index is 603. The van der Waals surface area contributed by atoms with E-state index < -0.39 is 0 Å². The lowest BCUT2D eigenvalue weighted by Crippen LogP contribution is -1.97. The van der Waals surface area contributed by atoms with Gasteiger partial charge in [0.15, 0.2) is 11.5 Å². The Hall–Kier alpha value is -2.27. The van der Waals surface area contributed by atoms with E-state index in [0.29, 0.717) is 17.2 Å². The van der Waals surface area contributed by atoms with Crippen LogP contribution in [0.1, 0.15) is 12.0 Å². The number of aliphatic hydroxyl groups excluding tert-OH is 1. The van der Waals surface area contributed by atoms with Gasteiger partial charge in [0.25, 0.3) is 0 Å². The minimum atomic E-state index is 0.182. The van der Waals surface area contributed by atoms with Gasteiger partial charge in [0, 0.05) is 18.4 Å². The number of hydrogen-bond donors (Lipinski definition) is 1. The lowest BCUT2D eigenvalue weighted by Gasteiger charge is -2.14. The van der Waals surface area contributed by atoms with Crippen LogP contribution in [0, 0.1) is 0 Å². The van der Waals surface area contributed by atoms with Gasteiger partial charge in [0.05, 0.1) is 27.0 Å². The lowest BCUT2D eigenvalue weighted by atomic mass is 10.1. The Balaban J connectivity index is 2.43. The Kier molecular flexibility index (Phi) is 5.61. The van der Waals surface area contributed by atoms with E-state index >= 15 is 0 Å². The van der Waals surface area contributed by atoms with Crippen molar-refractivity contribution in [3.63, 3.8) is 0 Å². The smallest absolute Gasteiger partial charge is 0.203 e. The number of rotatable bonds is 7. The molecule has 0 amide bonds. The van der Waals surface area contributed by atoms with Crippen LogP contribution in [0.4, 0.5) is 0 Å². The largest absolute Gasteiger partial charge is 0.493 e. The van der Waals surface area contributed by atoms with Crippen molar-refractivity contribution in [2.45, 2.75) is 12.8 Å². The second kappa shape index (κ2) is 7.66. The van der Waals surface area contributed by atoms with E-state index in [1.807, 2.05) is 24.3 Å². The number of pyridine rings is 1.